The quantitative estimate of drug-likeness (QED) is 0.284. The maximum absolute atomic E-state index is 12.8. The number of rotatable bonds is 12. The third-order valence-corrected chi connectivity index (χ3v) is 6.34. The zero-order valence-electron chi connectivity index (χ0n) is 21.7. The second-order valence-electron chi connectivity index (χ2n) is 9.29. The second kappa shape index (κ2) is 13.3. The summed E-state index contributed by atoms with van der Waals surface area (Å²) >= 11 is 0. The van der Waals surface area contributed by atoms with Crippen molar-refractivity contribution in [1.82, 2.24) is 0 Å². The molecule has 40 heavy (non-hydrogen) atoms. The topological polar surface area (TPSA) is 142 Å². The van der Waals surface area contributed by atoms with Gasteiger partial charge >= 0.3 is 11.9 Å². The van der Waals surface area contributed by atoms with Crippen LogP contribution in [0.1, 0.15) is 41.6 Å². The minimum atomic E-state index is -1.34. The summed E-state index contributed by atoms with van der Waals surface area (Å²) in [6.45, 7) is 0.314. The molecule has 10 heteroatoms. The molecule has 0 saturated heterocycles. The minimum Gasteiger partial charge on any atom is -0.494 e. The van der Waals surface area contributed by atoms with Gasteiger partial charge < -0.3 is 29.9 Å². The van der Waals surface area contributed by atoms with Gasteiger partial charge in [0, 0.05) is 23.7 Å². The van der Waals surface area contributed by atoms with Crippen LogP contribution in [0.25, 0.3) is 0 Å². The second-order valence-corrected chi connectivity index (χ2v) is 9.29. The summed E-state index contributed by atoms with van der Waals surface area (Å²) in [4.78, 5) is 49.1. The molecule has 3 aromatic carbocycles. The predicted octanol–water partition coefficient (Wildman–Crippen LogP) is 4.38. The van der Waals surface area contributed by atoms with Crippen molar-refractivity contribution in [2.45, 2.75) is 38.2 Å². The number of aliphatic carboxylic acids is 2. The van der Waals surface area contributed by atoms with Gasteiger partial charge in [-0.1, -0.05) is 30.3 Å². The van der Waals surface area contributed by atoms with E-state index < -0.39 is 29.9 Å². The van der Waals surface area contributed by atoms with E-state index in [4.69, 9.17) is 14.6 Å². The normalized spacial score (nSPS) is 14.0. The first-order valence-electron chi connectivity index (χ1n) is 12.9. The van der Waals surface area contributed by atoms with Crippen LogP contribution in [-0.4, -0.2) is 53.2 Å². The summed E-state index contributed by atoms with van der Waals surface area (Å²) in [7, 11) is 0. The molecule has 2 amide bonds. The van der Waals surface area contributed by atoms with Crippen LogP contribution in [0.2, 0.25) is 0 Å². The number of fused-ring (bicyclic) bond motifs is 1. The molecule has 3 aromatic rings. The van der Waals surface area contributed by atoms with Gasteiger partial charge in [0.2, 0.25) is 12.0 Å². The third kappa shape index (κ3) is 7.59. The van der Waals surface area contributed by atoms with Crippen molar-refractivity contribution >= 4 is 35.1 Å². The van der Waals surface area contributed by atoms with Crippen LogP contribution in [0, 0.1) is 0 Å². The standard InChI is InChI=1S/C30H30N2O8/c33-27(15-16-28(34)35)32-19-26(30(37)38)40-25-18-22(11-14-24(25)32)31-29(36)21-9-12-23(13-10-21)39-17-5-4-8-20-6-2-1-3-7-20/h1-3,6-7,9-14,18,26H,4-5,8,15-17,19H2,(H,31,36)(H,34,35)(H,37,38). The smallest absolute Gasteiger partial charge is 0.346 e. The first kappa shape index (κ1) is 28.2. The Balaban J connectivity index is 1.33. The van der Waals surface area contributed by atoms with Gasteiger partial charge in [0.1, 0.15) is 11.5 Å². The van der Waals surface area contributed by atoms with Crippen LogP contribution in [-0.2, 0) is 20.8 Å². The molecular formula is C30H30N2O8. The van der Waals surface area contributed by atoms with Crippen molar-refractivity contribution in [1.29, 1.82) is 0 Å². The fourth-order valence-corrected chi connectivity index (χ4v) is 4.25. The van der Waals surface area contributed by atoms with Crippen LogP contribution in [0.5, 0.6) is 11.5 Å². The highest BCUT2D eigenvalue weighted by Crippen LogP contribution is 2.36. The molecule has 1 aliphatic heterocycles. The molecule has 1 heterocycles. The number of ether oxygens (including phenoxy) is 2. The highest BCUT2D eigenvalue weighted by atomic mass is 16.5. The van der Waals surface area contributed by atoms with E-state index in [1.165, 1.54) is 22.6 Å². The van der Waals surface area contributed by atoms with E-state index in [0.29, 0.717) is 29.3 Å². The van der Waals surface area contributed by atoms with E-state index in [9.17, 15) is 24.3 Å². The average Bonchev–Trinajstić information content (AvgIpc) is 2.95. The van der Waals surface area contributed by atoms with Gasteiger partial charge in [-0.2, -0.15) is 0 Å². The maximum Gasteiger partial charge on any atom is 0.346 e. The van der Waals surface area contributed by atoms with E-state index in [1.54, 1.807) is 30.3 Å². The molecule has 1 aliphatic rings. The molecule has 0 bridgehead atoms. The van der Waals surface area contributed by atoms with Gasteiger partial charge in [0.15, 0.2) is 0 Å². The van der Waals surface area contributed by atoms with Crippen molar-refractivity contribution in [3.63, 3.8) is 0 Å². The Bertz CT molecular complexity index is 1360. The number of anilines is 2. The summed E-state index contributed by atoms with van der Waals surface area (Å²) in [6, 6.07) is 21.5. The Kier molecular flexibility index (Phi) is 9.35. The van der Waals surface area contributed by atoms with E-state index in [0.717, 1.165) is 19.3 Å². The van der Waals surface area contributed by atoms with Gasteiger partial charge in [-0.15, -0.1) is 0 Å². The molecule has 4 rings (SSSR count). The number of hydrogen-bond acceptors (Lipinski definition) is 6. The molecule has 10 nitrogen and oxygen atoms in total. The number of carboxylic acid groups (broad SMARTS) is 2. The Morgan fingerprint density at radius 3 is 2.38 bits per heavy atom. The number of nitrogens with zero attached hydrogens (tertiary/aromatic N) is 1. The first-order chi connectivity index (χ1) is 19.3. The zero-order valence-corrected chi connectivity index (χ0v) is 21.7. The number of carbonyl (C=O) groups excluding carboxylic acids is 2. The van der Waals surface area contributed by atoms with Gasteiger partial charge in [-0.3, -0.25) is 14.4 Å². The number of nitrogens with one attached hydrogen (secondary N) is 1. The SMILES string of the molecule is O=C(O)CCC(=O)N1CC(C(=O)O)Oc2cc(NC(=O)c3ccc(OCCCCc4ccccc4)cc3)ccc21. The number of aryl methyl sites for hydroxylation is 1. The Morgan fingerprint density at radius 1 is 0.925 bits per heavy atom. The van der Waals surface area contributed by atoms with Crippen molar-refractivity contribution in [2.75, 3.05) is 23.4 Å². The van der Waals surface area contributed by atoms with Crippen LogP contribution in [0.3, 0.4) is 0 Å². The first-order valence-corrected chi connectivity index (χ1v) is 12.9. The summed E-state index contributed by atoms with van der Waals surface area (Å²) in [6.07, 6.45) is 0.910. The van der Waals surface area contributed by atoms with Crippen molar-refractivity contribution in [3.8, 4) is 11.5 Å². The van der Waals surface area contributed by atoms with Gasteiger partial charge in [0.05, 0.1) is 25.3 Å². The molecule has 0 aliphatic carbocycles. The lowest BCUT2D eigenvalue weighted by Gasteiger charge is -2.33. The lowest BCUT2D eigenvalue weighted by Crippen LogP contribution is -2.47. The van der Waals surface area contributed by atoms with Crippen LogP contribution in [0.15, 0.2) is 72.8 Å². The molecule has 0 aromatic heterocycles. The maximum atomic E-state index is 12.8. The van der Waals surface area contributed by atoms with Crippen LogP contribution in [0.4, 0.5) is 11.4 Å². The molecule has 1 atom stereocenters. The number of hydrogen-bond donors (Lipinski definition) is 3. The Labute approximate surface area is 231 Å². The number of amides is 2. The molecule has 3 N–H and O–H groups in total. The van der Waals surface area contributed by atoms with Gasteiger partial charge in [-0.05, 0) is 61.2 Å². The molecule has 0 radical (unpaired) electrons. The molecular weight excluding hydrogens is 516 g/mol. The summed E-state index contributed by atoms with van der Waals surface area (Å²) in [5.74, 6) is -2.58. The largest absolute Gasteiger partial charge is 0.494 e. The minimum absolute atomic E-state index is 0.0936. The lowest BCUT2D eigenvalue weighted by atomic mass is 10.1. The summed E-state index contributed by atoms with van der Waals surface area (Å²) in [5, 5.41) is 21.1. The monoisotopic (exact) mass is 546 g/mol. The highest BCUT2D eigenvalue weighted by Gasteiger charge is 2.34. The molecule has 1 unspecified atom stereocenters. The van der Waals surface area contributed by atoms with E-state index >= 15 is 0 Å². The average molecular weight is 547 g/mol. The molecule has 208 valence electrons. The van der Waals surface area contributed by atoms with Gasteiger partial charge in [0.25, 0.3) is 5.91 Å². The Morgan fingerprint density at radius 2 is 1.68 bits per heavy atom. The fourth-order valence-electron chi connectivity index (χ4n) is 4.25. The molecule has 0 saturated carbocycles. The zero-order chi connectivity index (χ0) is 28.5. The number of carbonyl (C=O) groups is 4. The summed E-state index contributed by atoms with van der Waals surface area (Å²) in [5.41, 5.74) is 2.33. The highest BCUT2D eigenvalue weighted by molar-refractivity contribution is 6.05. The predicted molar refractivity (Wildman–Crippen MR) is 147 cm³/mol. The van der Waals surface area contributed by atoms with E-state index in [1.807, 2.05) is 18.2 Å². The van der Waals surface area contributed by atoms with Crippen molar-refractivity contribution in [2.24, 2.45) is 0 Å². The van der Waals surface area contributed by atoms with Crippen molar-refractivity contribution < 1.29 is 38.9 Å². The lowest BCUT2D eigenvalue weighted by molar-refractivity contribution is -0.145. The summed E-state index contributed by atoms with van der Waals surface area (Å²) < 4.78 is 11.3. The third-order valence-electron chi connectivity index (χ3n) is 6.34. The Hall–Kier alpha value is -4.86. The number of carboxylic acids is 2. The number of unbranched alkanes of at least 4 members (excludes halogenated alkanes) is 1. The number of benzene rings is 3. The molecule has 0 spiro atoms. The van der Waals surface area contributed by atoms with E-state index in [2.05, 4.69) is 17.4 Å². The fraction of sp³-hybridized carbons (Fsp3) is 0.267. The van der Waals surface area contributed by atoms with Crippen LogP contribution < -0.4 is 19.7 Å². The van der Waals surface area contributed by atoms with Gasteiger partial charge in [-0.25, -0.2) is 4.79 Å². The van der Waals surface area contributed by atoms with Crippen molar-refractivity contribution in [3.05, 3.63) is 83.9 Å². The molecule has 0 fully saturated rings. The van der Waals surface area contributed by atoms with E-state index in [-0.39, 0.29) is 25.1 Å². The van der Waals surface area contributed by atoms with Crippen LogP contribution >= 0.6 is 0 Å².